The minimum Gasteiger partial charge on any atom is -0.496 e. The summed E-state index contributed by atoms with van der Waals surface area (Å²) in [6.07, 6.45) is 6.28. The molecule has 0 N–H and O–H groups in total. The normalized spacial score (nSPS) is 18.1. The van der Waals surface area contributed by atoms with Crippen molar-refractivity contribution < 1.29 is 4.74 Å². The molecular weight excluding hydrogens is 222 g/mol. The fourth-order valence-electron chi connectivity index (χ4n) is 3.01. The van der Waals surface area contributed by atoms with Crippen molar-refractivity contribution in [2.45, 2.75) is 44.9 Å². The van der Waals surface area contributed by atoms with Crippen LogP contribution in [-0.4, -0.2) is 7.11 Å². The summed E-state index contributed by atoms with van der Waals surface area (Å²) < 4.78 is 5.28. The molecule has 0 bridgehead atoms. The summed E-state index contributed by atoms with van der Waals surface area (Å²) in [5, 5.41) is 9.47. The number of methoxy groups -OCH3 is 1. The van der Waals surface area contributed by atoms with Crippen molar-refractivity contribution in [1.82, 2.24) is 0 Å². The molecule has 0 amide bonds. The van der Waals surface area contributed by atoms with E-state index in [4.69, 9.17) is 4.74 Å². The highest BCUT2D eigenvalue weighted by Gasteiger charge is 2.25. The Hall–Kier alpha value is -1.49. The van der Waals surface area contributed by atoms with E-state index in [2.05, 4.69) is 12.1 Å². The topological polar surface area (TPSA) is 33.0 Å². The van der Waals surface area contributed by atoms with Gasteiger partial charge in [0.2, 0.25) is 0 Å². The van der Waals surface area contributed by atoms with E-state index in [9.17, 15) is 5.26 Å². The maximum atomic E-state index is 9.47. The third kappa shape index (κ3) is 2.67. The maximum Gasteiger partial charge on any atom is 0.121 e. The summed E-state index contributed by atoms with van der Waals surface area (Å²) in [4.78, 5) is 0. The summed E-state index contributed by atoms with van der Waals surface area (Å²) in [6.45, 7) is 2.04. The fraction of sp³-hybridized carbons (Fsp3) is 0.562. The van der Waals surface area contributed by atoms with Gasteiger partial charge in [0.15, 0.2) is 0 Å². The third-order valence-corrected chi connectivity index (χ3v) is 4.04. The third-order valence-electron chi connectivity index (χ3n) is 4.04. The van der Waals surface area contributed by atoms with Crippen LogP contribution in [0.1, 0.15) is 49.1 Å². The van der Waals surface area contributed by atoms with Gasteiger partial charge in [-0.25, -0.2) is 0 Å². The van der Waals surface area contributed by atoms with Crippen LogP contribution in [0.5, 0.6) is 5.75 Å². The Labute approximate surface area is 110 Å². The van der Waals surface area contributed by atoms with Crippen LogP contribution in [0.4, 0.5) is 0 Å². The monoisotopic (exact) mass is 243 g/mol. The molecule has 96 valence electrons. The zero-order chi connectivity index (χ0) is 13.0. The van der Waals surface area contributed by atoms with Gasteiger partial charge in [0, 0.05) is 0 Å². The van der Waals surface area contributed by atoms with E-state index in [1.54, 1.807) is 7.11 Å². The summed E-state index contributed by atoms with van der Waals surface area (Å²) in [5.41, 5.74) is 2.27. The Bertz CT molecular complexity index is 441. The molecule has 1 aromatic rings. The minimum atomic E-state index is 0.0508. The van der Waals surface area contributed by atoms with Crippen LogP contribution in [-0.2, 0) is 0 Å². The molecule has 0 radical (unpaired) electrons. The quantitative estimate of drug-likeness (QED) is 0.797. The molecular formula is C16H21NO. The van der Waals surface area contributed by atoms with Gasteiger partial charge in [-0.05, 0) is 42.9 Å². The summed E-state index contributed by atoms with van der Waals surface area (Å²) in [7, 11) is 1.69. The minimum absolute atomic E-state index is 0.0508. The zero-order valence-electron chi connectivity index (χ0n) is 11.3. The summed E-state index contributed by atoms with van der Waals surface area (Å²) in [5.74, 6) is 1.49. The molecule has 0 saturated heterocycles. The lowest BCUT2D eigenvalue weighted by atomic mass is 9.77. The van der Waals surface area contributed by atoms with E-state index >= 15 is 0 Å². The number of aryl methyl sites for hydroxylation is 1. The van der Waals surface area contributed by atoms with Crippen LogP contribution >= 0.6 is 0 Å². The smallest absolute Gasteiger partial charge is 0.121 e. The van der Waals surface area contributed by atoms with E-state index < -0.39 is 0 Å². The molecule has 0 spiro atoms. The van der Waals surface area contributed by atoms with Crippen molar-refractivity contribution in [1.29, 1.82) is 5.26 Å². The van der Waals surface area contributed by atoms with Crippen LogP contribution in [0, 0.1) is 24.2 Å². The van der Waals surface area contributed by atoms with Crippen LogP contribution < -0.4 is 4.74 Å². The molecule has 1 saturated carbocycles. The number of nitrogens with zero attached hydrogens (tertiary/aromatic N) is 1. The van der Waals surface area contributed by atoms with Crippen molar-refractivity contribution in [3.63, 3.8) is 0 Å². The highest BCUT2D eigenvalue weighted by atomic mass is 16.5. The van der Waals surface area contributed by atoms with E-state index in [1.807, 2.05) is 19.1 Å². The van der Waals surface area contributed by atoms with Gasteiger partial charge < -0.3 is 4.74 Å². The van der Waals surface area contributed by atoms with Crippen LogP contribution in [0.15, 0.2) is 18.2 Å². The molecule has 1 aliphatic rings. The summed E-state index contributed by atoms with van der Waals surface area (Å²) >= 11 is 0. The molecule has 2 rings (SSSR count). The number of hydrogen-bond acceptors (Lipinski definition) is 2. The highest BCUT2D eigenvalue weighted by Crippen LogP contribution is 2.36. The largest absolute Gasteiger partial charge is 0.496 e. The second-order valence-electron chi connectivity index (χ2n) is 5.23. The lowest BCUT2D eigenvalue weighted by Crippen LogP contribution is -2.15. The second-order valence-corrected chi connectivity index (χ2v) is 5.23. The maximum absolute atomic E-state index is 9.47. The number of ether oxygens (including phenoxy) is 1. The van der Waals surface area contributed by atoms with Crippen molar-refractivity contribution >= 4 is 0 Å². The van der Waals surface area contributed by atoms with Gasteiger partial charge in [-0.2, -0.15) is 5.26 Å². The number of rotatable bonds is 3. The lowest BCUT2D eigenvalue weighted by Gasteiger charge is -2.26. The van der Waals surface area contributed by atoms with Crippen LogP contribution in [0.25, 0.3) is 0 Å². The van der Waals surface area contributed by atoms with Gasteiger partial charge in [-0.15, -0.1) is 0 Å². The van der Waals surface area contributed by atoms with E-state index in [1.165, 1.54) is 32.1 Å². The Morgan fingerprint density at radius 3 is 2.56 bits per heavy atom. The number of nitriles is 1. The Morgan fingerprint density at radius 2 is 2.00 bits per heavy atom. The molecule has 0 heterocycles. The van der Waals surface area contributed by atoms with Crippen molar-refractivity contribution in [2.75, 3.05) is 7.11 Å². The Morgan fingerprint density at radius 1 is 1.28 bits per heavy atom. The Kier molecular flexibility index (Phi) is 4.25. The zero-order valence-corrected chi connectivity index (χ0v) is 11.3. The molecule has 18 heavy (non-hydrogen) atoms. The second kappa shape index (κ2) is 5.91. The first-order chi connectivity index (χ1) is 8.76. The van der Waals surface area contributed by atoms with Crippen molar-refractivity contribution in [2.24, 2.45) is 5.92 Å². The molecule has 1 atom stereocenters. The molecule has 0 aliphatic heterocycles. The number of benzene rings is 1. The standard InChI is InChI=1S/C16H21NO/c1-12-10-14(8-9-16(12)18-2)15(11-17)13-6-4-3-5-7-13/h8-10,13,15H,3-7H2,1-2H3. The predicted molar refractivity (Wildman–Crippen MR) is 72.7 cm³/mol. The molecule has 1 unspecified atom stereocenters. The average Bonchev–Trinajstić information content (AvgIpc) is 2.41. The van der Waals surface area contributed by atoms with E-state index in [-0.39, 0.29) is 5.92 Å². The van der Waals surface area contributed by atoms with Gasteiger partial charge in [0.1, 0.15) is 5.75 Å². The molecule has 0 aromatic heterocycles. The molecule has 1 fully saturated rings. The summed E-state index contributed by atoms with van der Waals surface area (Å²) in [6, 6.07) is 8.66. The van der Waals surface area contributed by atoms with Crippen LogP contribution in [0.2, 0.25) is 0 Å². The Balaban J connectivity index is 2.22. The SMILES string of the molecule is COc1ccc(C(C#N)C2CCCCC2)cc1C. The number of hydrogen-bond donors (Lipinski definition) is 0. The van der Waals surface area contributed by atoms with E-state index in [0.717, 1.165) is 16.9 Å². The van der Waals surface area contributed by atoms with E-state index in [0.29, 0.717) is 5.92 Å². The van der Waals surface area contributed by atoms with Crippen LogP contribution in [0.3, 0.4) is 0 Å². The first-order valence-electron chi connectivity index (χ1n) is 6.80. The molecule has 2 heteroatoms. The first kappa shape index (κ1) is 13.0. The molecule has 1 aromatic carbocycles. The first-order valence-corrected chi connectivity index (χ1v) is 6.80. The average molecular weight is 243 g/mol. The van der Waals surface area contributed by atoms with Gasteiger partial charge in [-0.3, -0.25) is 0 Å². The van der Waals surface area contributed by atoms with Gasteiger partial charge in [0.25, 0.3) is 0 Å². The van der Waals surface area contributed by atoms with Gasteiger partial charge in [0.05, 0.1) is 19.1 Å². The van der Waals surface area contributed by atoms with Crippen molar-refractivity contribution in [3.8, 4) is 11.8 Å². The molecule has 2 nitrogen and oxygen atoms in total. The predicted octanol–water partition coefficient (Wildman–Crippen LogP) is 4.19. The highest BCUT2D eigenvalue weighted by molar-refractivity contribution is 5.39. The van der Waals surface area contributed by atoms with Crippen molar-refractivity contribution in [3.05, 3.63) is 29.3 Å². The lowest BCUT2D eigenvalue weighted by molar-refractivity contribution is 0.335. The molecule has 1 aliphatic carbocycles. The van der Waals surface area contributed by atoms with Gasteiger partial charge in [-0.1, -0.05) is 31.4 Å². The van der Waals surface area contributed by atoms with Gasteiger partial charge >= 0.3 is 0 Å². The fourth-order valence-corrected chi connectivity index (χ4v) is 3.01.